The zero-order valence-electron chi connectivity index (χ0n) is 20.2. The van der Waals surface area contributed by atoms with Gasteiger partial charge in [0, 0.05) is 23.5 Å². The van der Waals surface area contributed by atoms with Crippen molar-refractivity contribution in [2.24, 2.45) is 0 Å². The minimum absolute atomic E-state index is 0.0618. The summed E-state index contributed by atoms with van der Waals surface area (Å²) in [5.74, 6) is 1.00. The molecule has 1 aliphatic rings. The lowest BCUT2D eigenvalue weighted by Gasteiger charge is -2.14. The molecule has 1 heterocycles. The molecule has 0 saturated heterocycles. The van der Waals surface area contributed by atoms with Crippen LogP contribution in [0, 0.1) is 0 Å². The van der Waals surface area contributed by atoms with Crippen LogP contribution >= 0.6 is 0 Å². The number of methoxy groups -OCH3 is 1. The zero-order valence-corrected chi connectivity index (χ0v) is 21.0. The first-order valence-electron chi connectivity index (χ1n) is 11.9. The lowest BCUT2D eigenvalue weighted by atomic mass is 10.2. The van der Waals surface area contributed by atoms with Crippen molar-refractivity contribution in [2.45, 2.75) is 36.6 Å². The Hall–Kier alpha value is -4.25. The van der Waals surface area contributed by atoms with Gasteiger partial charge in [-0.05, 0) is 73.5 Å². The number of carbonyl (C=O) groups excluding carboxylic acids is 1. The maximum Gasteiger partial charge on any atom is 0.339 e. The number of aromatic amines is 1. The van der Waals surface area contributed by atoms with E-state index in [1.165, 1.54) is 37.1 Å². The Morgan fingerprint density at radius 1 is 0.919 bits per heavy atom. The molecule has 5 rings (SSSR count). The number of fused-ring (bicyclic) bond motifs is 1. The highest BCUT2D eigenvalue weighted by Gasteiger charge is 2.19. The second-order valence-electron chi connectivity index (χ2n) is 8.76. The first-order chi connectivity index (χ1) is 17.9. The van der Waals surface area contributed by atoms with Gasteiger partial charge in [0.15, 0.2) is 0 Å². The molecule has 0 aliphatic heterocycles. The monoisotopic (exact) mass is 521 g/mol. The minimum Gasteiger partial charge on any atom is -0.497 e. The summed E-state index contributed by atoms with van der Waals surface area (Å²) in [7, 11) is -2.46. The van der Waals surface area contributed by atoms with Crippen LogP contribution in [0.15, 0.2) is 71.6 Å². The van der Waals surface area contributed by atoms with Gasteiger partial charge < -0.3 is 24.5 Å². The van der Waals surface area contributed by atoms with Crippen LogP contribution in [0.2, 0.25) is 0 Å². The molecule has 1 aliphatic carbocycles. The summed E-state index contributed by atoms with van der Waals surface area (Å²) in [5.41, 5.74) is 2.51. The smallest absolute Gasteiger partial charge is 0.339 e. The molecule has 11 heteroatoms. The summed E-state index contributed by atoms with van der Waals surface area (Å²) in [5, 5.41) is 8.75. The van der Waals surface area contributed by atoms with Crippen LogP contribution in [0.1, 0.15) is 25.7 Å². The van der Waals surface area contributed by atoms with Gasteiger partial charge in [-0.2, -0.15) is 8.42 Å². The number of rotatable bonds is 8. The van der Waals surface area contributed by atoms with Crippen LogP contribution in [0.3, 0.4) is 0 Å². The second-order valence-corrected chi connectivity index (χ2v) is 10.3. The van der Waals surface area contributed by atoms with E-state index in [2.05, 4.69) is 25.9 Å². The molecule has 0 unspecified atom stereocenters. The Morgan fingerprint density at radius 2 is 1.59 bits per heavy atom. The van der Waals surface area contributed by atoms with Crippen molar-refractivity contribution < 1.29 is 22.1 Å². The molecule has 192 valence electrons. The summed E-state index contributed by atoms with van der Waals surface area (Å²) in [6.45, 7) is 0. The summed E-state index contributed by atoms with van der Waals surface area (Å²) >= 11 is 0. The van der Waals surface area contributed by atoms with E-state index < -0.39 is 16.1 Å². The Morgan fingerprint density at radius 3 is 2.30 bits per heavy atom. The molecule has 1 saturated carbocycles. The van der Waals surface area contributed by atoms with Crippen LogP contribution in [0.4, 0.5) is 22.1 Å². The Labute approximate surface area is 214 Å². The number of carbonyl (C=O) groups is 1. The number of urea groups is 1. The first kappa shape index (κ1) is 24.4. The number of imidazole rings is 1. The van der Waals surface area contributed by atoms with Crippen LogP contribution in [0.5, 0.6) is 11.5 Å². The zero-order chi connectivity index (χ0) is 25.8. The molecule has 10 nitrogen and oxygen atoms in total. The average molecular weight is 522 g/mol. The van der Waals surface area contributed by atoms with E-state index in [4.69, 9.17) is 8.92 Å². The van der Waals surface area contributed by atoms with Gasteiger partial charge in [0.2, 0.25) is 5.95 Å². The SMILES string of the molecule is COc1ccc(NC(=O)Nc2nc3ccc(OS(=O)(=O)c4ccc(NC5CCCC5)cc4)cc3[nH]2)cc1. The molecular formula is C26H27N5O5S. The number of aromatic nitrogens is 2. The van der Waals surface area contributed by atoms with Crippen LogP contribution in [-0.2, 0) is 10.1 Å². The van der Waals surface area contributed by atoms with Crippen molar-refractivity contribution in [3.63, 3.8) is 0 Å². The molecule has 1 aromatic heterocycles. The fraction of sp³-hybridized carbons (Fsp3) is 0.231. The lowest BCUT2D eigenvalue weighted by molar-refractivity contribution is 0.262. The molecule has 0 spiro atoms. The Balaban J connectivity index is 1.23. The van der Waals surface area contributed by atoms with E-state index in [9.17, 15) is 13.2 Å². The largest absolute Gasteiger partial charge is 0.497 e. The predicted octanol–water partition coefficient (Wildman–Crippen LogP) is 5.34. The van der Waals surface area contributed by atoms with Gasteiger partial charge in [0.1, 0.15) is 16.4 Å². The van der Waals surface area contributed by atoms with Crippen molar-refractivity contribution in [1.82, 2.24) is 9.97 Å². The highest BCUT2D eigenvalue weighted by atomic mass is 32.2. The predicted molar refractivity (Wildman–Crippen MR) is 142 cm³/mol. The first-order valence-corrected chi connectivity index (χ1v) is 13.3. The van der Waals surface area contributed by atoms with Gasteiger partial charge in [-0.15, -0.1) is 0 Å². The molecule has 0 atom stereocenters. The van der Waals surface area contributed by atoms with E-state index in [0.29, 0.717) is 28.5 Å². The van der Waals surface area contributed by atoms with Crippen molar-refractivity contribution in [3.8, 4) is 11.5 Å². The lowest BCUT2D eigenvalue weighted by Crippen LogP contribution is -2.20. The summed E-state index contributed by atoms with van der Waals surface area (Å²) in [4.78, 5) is 19.6. The number of nitrogens with zero attached hydrogens (tertiary/aromatic N) is 1. The van der Waals surface area contributed by atoms with E-state index in [0.717, 1.165) is 18.5 Å². The molecule has 4 aromatic rings. The Bertz CT molecular complexity index is 1490. The topological polar surface area (TPSA) is 134 Å². The van der Waals surface area contributed by atoms with Gasteiger partial charge in [-0.1, -0.05) is 12.8 Å². The number of ether oxygens (including phenoxy) is 1. The fourth-order valence-corrected chi connectivity index (χ4v) is 5.17. The van der Waals surface area contributed by atoms with E-state index in [1.54, 1.807) is 49.6 Å². The summed E-state index contributed by atoms with van der Waals surface area (Å²) in [6.07, 6.45) is 4.69. The highest BCUT2D eigenvalue weighted by Crippen LogP contribution is 2.26. The third-order valence-corrected chi connectivity index (χ3v) is 7.37. The number of hydrogen-bond donors (Lipinski definition) is 4. The third kappa shape index (κ3) is 5.95. The second kappa shape index (κ2) is 10.4. The van der Waals surface area contributed by atoms with Gasteiger partial charge in [-0.3, -0.25) is 5.32 Å². The van der Waals surface area contributed by atoms with Crippen molar-refractivity contribution in [2.75, 3.05) is 23.1 Å². The van der Waals surface area contributed by atoms with Crippen molar-refractivity contribution in [1.29, 1.82) is 0 Å². The minimum atomic E-state index is -4.03. The maximum absolute atomic E-state index is 12.8. The van der Waals surface area contributed by atoms with Gasteiger partial charge in [0.25, 0.3) is 0 Å². The molecular weight excluding hydrogens is 494 g/mol. The summed E-state index contributed by atoms with van der Waals surface area (Å²) in [6, 6.07) is 18.0. The van der Waals surface area contributed by atoms with Crippen LogP contribution < -0.4 is 24.9 Å². The molecule has 4 N–H and O–H groups in total. The average Bonchev–Trinajstić information content (AvgIpc) is 3.53. The van der Waals surface area contributed by atoms with Gasteiger partial charge in [0.05, 0.1) is 18.1 Å². The Kier molecular flexibility index (Phi) is 6.87. The number of nitrogens with one attached hydrogen (secondary N) is 4. The molecule has 1 fully saturated rings. The quantitative estimate of drug-likeness (QED) is 0.230. The molecule has 3 aromatic carbocycles. The number of benzene rings is 3. The van der Waals surface area contributed by atoms with Crippen LogP contribution in [-0.4, -0.2) is 37.6 Å². The maximum atomic E-state index is 12.8. The summed E-state index contributed by atoms with van der Waals surface area (Å²) < 4.78 is 36.1. The molecule has 0 bridgehead atoms. The normalized spacial score (nSPS) is 13.9. The van der Waals surface area contributed by atoms with E-state index >= 15 is 0 Å². The standard InChI is InChI=1S/C26H27N5O5S/c1-35-20-10-6-19(7-11-20)28-26(32)31-25-29-23-15-12-21(16-24(23)30-25)36-37(33,34)22-13-8-18(9-14-22)27-17-4-2-3-5-17/h6-17,27H,2-5H2,1H3,(H3,28,29,30,31,32). The van der Waals surface area contributed by atoms with Gasteiger partial charge >= 0.3 is 16.1 Å². The van der Waals surface area contributed by atoms with Gasteiger partial charge in [-0.25, -0.2) is 9.78 Å². The van der Waals surface area contributed by atoms with E-state index in [-0.39, 0.29) is 16.6 Å². The number of hydrogen-bond acceptors (Lipinski definition) is 7. The van der Waals surface area contributed by atoms with Crippen LogP contribution in [0.25, 0.3) is 11.0 Å². The molecule has 2 amide bonds. The molecule has 0 radical (unpaired) electrons. The number of anilines is 3. The van der Waals surface area contributed by atoms with E-state index in [1.807, 2.05) is 0 Å². The number of amides is 2. The van der Waals surface area contributed by atoms with Crippen molar-refractivity contribution >= 4 is 44.5 Å². The highest BCUT2D eigenvalue weighted by molar-refractivity contribution is 7.87. The molecule has 37 heavy (non-hydrogen) atoms. The number of H-pyrrole nitrogens is 1. The fourth-order valence-electron chi connectivity index (χ4n) is 4.24. The third-order valence-electron chi connectivity index (χ3n) is 6.11. The van der Waals surface area contributed by atoms with Crippen molar-refractivity contribution in [3.05, 3.63) is 66.7 Å².